The Kier molecular flexibility index (Phi) is 3.64. The molecule has 2 fully saturated rings. The molecule has 1 N–H and O–H groups in total. The molecule has 2 saturated carbocycles. The molecule has 2 aliphatic rings. The predicted octanol–water partition coefficient (Wildman–Crippen LogP) is 3.67. The van der Waals surface area contributed by atoms with Gasteiger partial charge in [-0.15, -0.1) is 0 Å². The van der Waals surface area contributed by atoms with Gasteiger partial charge in [-0.1, -0.05) is 12.8 Å². The maximum atomic E-state index is 4.06. The van der Waals surface area contributed by atoms with E-state index in [4.69, 9.17) is 0 Å². The first kappa shape index (κ1) is 12.2. The molecule has 1 aromatic heterocycles. The maximum Gasteiger partial charge on any atom is 0.0271 e. The van der Waals surface area contributed by atoms with Crippen LogP contribution in [0.5, 0.6) is 0 Å². The Bertz CT molecular complexity index is 358. The van der Waals surface area contributed by atoms with E-state index in [0.717, 1.165) is 18.0 Å². The van der Waals surface area contributed by atoms with Crippen LogP contribution < -0.4 is 5.32 Å². The molecule has 1 aromatic rings. The van der Waals surface area contributed by atoms with Gasteiger partial charge in [-0.2, -0.15) is 0 Å². The van der Waals surface area contributed by atoms with Crippen molar-refractivity contribution in [2.45, 2.75) is 64.0 Å². The molecule has 0 saturated heterocycles. The third kappa shape index (κ3) is 2.74. The van der Waals surface area contributed by atoms with E-state index in [2.05, 4.69) is 22.4 Å². The highest BCUT2D eigenvalue weighted by Gasteiger charge is 2.37. The zero-order valence-corrected chi connectivity index (χ0v) is 11.2. The van der Waals surface area contributed by atoms with Crippen molar-refractivity contribution >= 4 is 0 Å². The molecular weight excluding hydrogens is 220 g/mol. The molecule has 0 radical (unpaired) electrons. The minimum absolute atomic E-state index is 0.740. The number of pyridine rings is 1. The van der Waals surface area contributed by atoms with Crippen LogP contribution in [0, 0.1) is 5.41 Å². The average molecular weight is 244 g/mol. The second-order valence-electron chi connectivity index (χ2n) is 6.22. The highest BCUT2D eigenvalue weighted by atomic mass is 14.9. The molecule has 98 valence electrons. The predicted molar refractivity (Wildman–Crippen MR) is 74.2 cm³/mol. The number of rotatable bonds is 3. The smallest absolute Gasteiger partial charge is 0.0271 e. The van der Waals surface area contributed by atoms with Crippen LogP contribution in [-0.2, 0) is 6.54 Å². The summed E-state index contributed by atoms with van der Waals surface area (Å²) in [6.45, 7) is 1.00. The van der Waals surface area contributed by atoms with Gasteiger partial charge in [0.1, 0.15) is 0 Å². The summed E-state index contributed by atoms with van der Waals surface area (Å²) in [7, 11) is 0. The van der Waals surface area contributed by atoms with Crippen LogP contribution in [0.1, 0.15) is 56.9 Å². The van der Waals surface area contributed by atoms with Gasteiger partial charge in [0.15, 0.2) is 0 Å². The Hall–Kier alpha value is -0.890. The van der Waals surface area contributed by atoms with Gasteiger partial charge in [0.25, 0.3) is 0 Å². The molecule has 3 rings (SSSR count). The van der Waals surface area contributed by atoms with Gasteiger partial charge in [0.05, 0.1) is 0 Å². The van der Waals surface area contributed by atoms with Crippen molar-refractivity contribution < 1.29 is 0 Å². The Morgan fingerprint density at radius 3 is 2.39 bits per heavy atom. The van der Waals surface area contributed by atoms with E-state index in [9.17, 15) is 0 Å². The first-order valence-corrected chi connectivity index (χ1v) is 7.49. The van der Waals surface area contributed by atoms with Crippen LogP contribution >= 0.6 is 0 Å². The summed E-state index contributed by atoms with van der Waals surface area (Å²) < 4.78 is 0. The summed E-state index contributed by atoms with van der Waals surface area (Å²) in [5, 5.41) is 3.72. The summed E-state index contributed by atoms with van der Waals surface area (Å²) in [5.41, 5.74) is 2.11. The zero-order chi connectivity index (χ0) is 12.3. The molecule has 0 unspecified atom stereocenters. The summed E-state index contributed by atoms with van der Waals surface area (Å²) in [4.78, 5) is 4.06. The maximum absolute atomic E-state index is 4.06. The molecule has 2 nitrogen and oxygen atoms in total. The summed E-state index contributed by atoms with van der Waals surface area (Å²) in [6, 6.07) is 4.95. The number of hydrogen-bond acceptors (Lipinski definition) is 2. The fourth-order valence-corrected chi connectivity index (χ4v) is 3.82. The van der Waals surface area contributed by atoms with Crippen LogP contribution in [0.25, 0.3) is 0 Å². The highest BCUT2D eigenvalue weighted by molar-refractivity contribution is 5.09. The minimum Gasteiger partial charge on any atom is -0.310 e. The van der Waals surface area contributed by atoms with Crippen LogP contribution in [0.3, 0.4) is 0 Å². The normalized spacial score (nSPS) is 23.6. The Labute approximate surface area is 110 Å². The third-order valence-electron chi connectivity index (χ3n) is 5.05. The van der Waals surface area contributed by atoms with Crippen molar-refractivity contribution in [2.24, 2.45) is 5.41 Å². The highest BCUT2D eigenvalue weighted by Crippen LogP contribution is 2.48. The third-order valence-corrected chi connectivity index (χ3v) is 5.05. The molecule has 1 heterocycles. The van der Waals surface area contributed by atoms with E-state index in [1.165, 1.54) is 56.9 Å². The van der Waals surface area contributed by atoms with E-state index in [1.54, 1.807) is 0 Å². The van der Waals surface area contributed by atoms with Gasteiger partial charge in [-0.3, -0.25) is 4.98 Å². The zero-order valence-electron chi connectivity index (χ0n) is 11.2. The monoisotopic (exact) mass is 244 g/mol. The van der Waals surface area contributed by atoms with E-state index in [-0.39, 0.29) is 0 Å². The van der Waals surface area contributed by atoms with Crippen LogP contribution in [-0.4, -0.2) is 11.0 Å². The van der Waals surface area contributed by atoms with E-state index in [0.29, 0.717) is 0 Å². The van der Waals surface area contributed by atoms with Gasteiger partial charge in [0, 0.05) is 25.0 Å². The molecular formula is C16H24N2. The fraction of sp³-hybridized carbons (Fsp3) is 0.688. The number of hydrogen-bond donors (Lipinski definition) is 1. The van der Waals surface area contributed by atoms with Gasteiger partial charge < -0.3 is 5.32 Å². The minimum atomic E-state index is 0.740. The van der Waals surface area contributed by atoms with Crippen molar-refractivity contribution in [1.29, 1.82) is 0 Å². The van der Waals surface area contributed by atoms with Gasteiger partial charge in [0.2, 0.25) is 0 Å². The molecule has 0 aliphatic heterocycles. The van der Waals surface area contributed by atoms with Crippen molar-refractivity contribution in [3.63, 3.8) is 0 Å². The Balaban J connectivity index is 1.46. The fourth-order valence-electron chi connectivity index (χ4n) is 3.82. The topological polar surface area (TPSA) is 24.9 Å². The molecule has 0 atom stereocenters. The largest absolute Gasteiger partial charge is 0.310 e. The first-order chi connectivity index (χ1) is 8.86. The molecule has 2 heteroatoms. The van der Waals surface area contributed by atoms with Gasteiger partial charge in [-0.25, -0.2) is 0 Å². The van der Waals surface area contributed by atoms with Gasteiger partial charge in [-0.05, 0) is 61.6 Å². The Morgan fingerprint density at radius 1 is 1.06 bits per heavy atom. The lowest BCUT2D eigenvalue weighted by molar-refractivity contribution is 0.168. The number of nitrogens with one attached hydrogen (secondary N) is 1. The number of nitrogens with zero attached hydrogens (tertiary/aromatic N) is 1. The Morgan fingerprint density at radius 2 is 1.72 bits per heavy atom. The van der Waals surface area contributed by atoms with Crippen molar-refractivity contribution in [2.75, 3.05) is 0 Å². The van der Waals surface area contributed by atoms with Crippen LogP contribution in [0.15, 0.2) is 24.5 Å². The lowest BCUT2D eigenvalue weighted by atomic mass is 9.71. The molecule has 2 aliphatic carbocycles. The van der Waals surface area contributed by atoms with Crippen molar-refractivity contribution in [3.8, 4) is 0 Å². The van der Waals surface area contributed by atoms with Crippen molar-refractivity contribution in [3.05, 3.63) is 30.1 Å². The lowest BCUT2D eigenvalue weighted by Crippen LogP contribution is -2.36. The lowest BCUT2D eigenvalue weighted by Gasteiger charge is -2.37. The standard InChI is InChI=1S/C16H24N2/c1-2-8-16(7-1)9-3-15(4-10-16)18-13-14-5-11-17-12-6-14/h5-6,11-12,15,18H,1-4,7-10,13H2. The molecule has 18 heavy (non-hydrogen) atoms. The molecule has 0 bridgehead atoms. The summed E-state index contributed by atoms with van der Waals surface area (Å²) in [5.74, 6) is 0. The molecule has 1 spiro atoms. The van der Waals surface area contributed by atoms with Crippen molar-refractivity contribution in [1.82, 2.24) is 10.3 Å². The number of aromatic nitrogens is 1. The second kappa shape index (κ2) is 5.40. The molecule has 0 aromatic carbocycles. The van der Waals surface area contributed by atoms with E-state index < -0.39 is 0 Å². The van der Waals surface area contributed by atoms with Crippen LogP contribution in [0.4, 0.5) is 0 Å². The second-order valence-corrected chi connectivity index (χ2v) is 6.22. The van der Waals surface area contributed by atoms with E-state index >= 15 is 0 Å². The summed E-state index contributed by atoms with van der Waals surface area (Å²) in [6.07, 6.45) is 15.4. The summed E-state index contributed by atoms with van der Waals surface area (Å²) >= 11 is 0. The average Bonchev–Trinajstić information content (AvgIpc) is 2.88. The van der Waals surface area contributed by atoms with Gasteiger partial charge >= 0.3 is 0 Å². The first-order valence-electron chi connectivity index (χ1n) is 7.49. The molecule has 0 amide bonds. The van der Waals surface area contributed by atoms with Crippen LogP contribution in [0.2, 0.25) is 0 Å². The quantitative estimate of drug-likeness (QED) is 0.877. The van der Waals surface area contributed by atoms with E-state index in [1.807, 2.05) is 12.4 Å². The SMILES string of the molecule is c1cc(CNC2CCC3(CCCC3)CC2)ccn1.